The number of fused-ring (bicyclic) bond motifs is 1. The molecular weight excluding hydrogens is 371 g/mol. The highest BCUT2D eigenvalue weighted by atomic mass is 35.5. The van der Waals surface area contributed by atoms with Gasteiger partial charge in [-0.15, -0.1) is 0 Å². The molecule has 0 amide bonds. The van der Waals surface area contributed by atoms with Crippen molar-refractivity contribution in [2.24, 2.45) is 11.8 Å². The van der Waals surface area contributed by atoms with Gasteiger partial charge in [-0.05, 0) is 49.7 Å². The number of aliphatic carboxylic acids is 1. The fourth-order valence-electron chi connectivity index (χ4n) is 5.47. The molecule has 0 aromatic heterocycles. The zero-order valence-corrected chi connectivity index (χ0v) is 16.1. The van der Waals surface area contributed by atoms with Gasteiger partial charge in [-0.1, -0.05) is 50.1 Å². The third kappa shape index (κ3) is 3.33. The summed E-state index contributed by atoms with van der Waals surface area (Å²) in [6.07, 6.45) is 9.01. The molecule has 0 spiro atoms. The van der Waals surface area contributed by atoms with Gasteiger partial charge in [0.25, 0.3) is 6.29 Å². The second-order valence-corrected chi connectivity index (χ2v) is 8.57. The lowest BCUT2D eigenvalue weighted by atomic mass is 9.63. The van der Waals surface area contributed by atoms with Crippen molar-refractivity contribution in [2.45, 2.75) is 76.1 Å². The van der Waals surface area contributed by atoms with Crippen molar-refractivity contribution < 1.29 is 23.8 Å². The Kier molecular flexibility index (Phi) is 5.34. The highest BCUT2D eigenvalue weighted by Crippen LogP contribution is 2.56. The number of benzene rings is 1. The predicted octanol–water partition coefficient (Wildman–Crippen LogP) is 5.65. The van der Waals surface area contributed by atoms with Crippen LogP contribution in [0.3, 0.4) is 0 Å². The summed E-state index contributed by atoms with van der Waals surface area (Å²) in [7, 11) is 0. The van der Waals surface area contributed by atoms with E-state index in [-0.39, 0.29) is 17.6 Å². The standard InChI is InChI=1S/C21H26ClFO4/c22-15-11-16-18(17(23)12-15)26-20(19(24)25)27-21(16,13-7-3-1-4-8-13)14-9-5-2-6-10-14/h11-14,20H,1-10H2,(H,24,25). The van der Waals surface area contributed by atoms with Gasteiger partial charge in [0.15, 0.2) is 11.6 Å². The maximum atomic E-state index is 14.8. The topological polar surface area (TPSA) is 55.8 Å². The van der Waals surface area contributed by atoms with E-state index in [1.54, 1.807) is 6.07 Å². The SMILES string of the molecule is O=C(O)C1Oc2c(F)cc(Cl)cc2C(C2CCCCC2)(C2CCCCC2)O1. The highest BCUT2D eigenvalue weighted by Gasteiger charge is 2.55. The van der Waals surface area contributed by atoms with Gasteiger partial charge in [-0.2, -0.15) is 0 Å². The molecular formula is C21H26ClFO4. The van der Waals surface area contributed by atoms with Crippen LogP contribution < -0.4 is 4.74 Å². The van der Waals surface area contributed by atoms with Crippen LogP contribution in [-0.2, 0) is 15.1 Å². The molecule has 4 rings (SSSR count). The van der Waals surface area contributed by atoms with Gasteiger partial charge in [0.05, 0.1) is 0 Å². The third-order valence-corrected chi connectivity index (χ3v) is 6.80. The normalized spacial score (nSPS) is 26.2. The maximum absolute atomic E-state index is 14.8. The first-order valence-corrected chi connectivity index (χ1v) is 10.5. The van der Waals surface area contributed by atoms with E-state index in [0.29, 0.717) is 10.6 Å². The predicted molar refractivity (Wildman–Crippen MR) is 99.4 cm³/mol. The molecule has 0 radical (unpaired) electrons. The maximum Gasteiger partial charge on any atom is 0.373 e. The molecule has 1 atom stereocenters. The lowest BCUT2D eigenvalue weighted by molar-refractivity contribution is -0.252. The summed E-state index contributed by atoms with van der Waals surface area (Å²) in [6, 6.07) is 2.93. The average Bonchev–Trinajstić information content (AvgIpc) is 2.68. The van der Waals surface area contributed by atoms with Crippen molar-refractivity contribution >= 4 is 17.6 Å². The molecule has 27 heavy (non-hydrogen) atoms. The summed E-state index contributed by atoms with van der Waals surface area (Å²) in [6.45, 7) is 0. The average molecular weight is 397 g/mol. The third-order valence-electron chi connectivity index (χ3n) is 6.58. The van der Waals surface area contributed by atoms with E-state index in [0.717, 1.165) is 51.4 Å². The second kappa shape index (κ2) is 7.59. The summed E-state index contributed by atoms with van der Waals surface area (Å²) < 4.78 is 26.6. The van der Waals surface area contributed by atoms with Crippen molar-refractivity contribution in [2.75, 3.05) is 0 Å². The van der Waals surface area contributed by atoms with Crippen molar-refractivity contribution in [3.05, 3.63) is 28.5 Å². The van der Waals surface area contributed by atoms with Crippen LogP contribution >= 0.6 is 11.6 Å². The van der Waals surface area contributed by atoms with Crippen molar-refractivity contribution in [1.82, 2.24) is 0 Å². The molecule has 1 aromatic rings. The largest absolute Gasteiger partial charge is 0.477 e. The summed E-state index contributed by atoms with van der Waals surface area (Å²) in [4.78, 5) is 11.8. The Balaban J connectivity index is 1.90. The molecule has 0 saturated heterocycles. The molecule has 2 aliphatic carbocycles. The zero-order valence-electron chi connectivity index (χ0n) is 15.4. The van der Waals surface area contributed by atoms with E-state index in [9.17, 15) is 14.3 Å². The van der Waals surface area contributed by atoms with Crippen LogP contribution in [-0.4, -0.2) is 17.4 Å². The Bertz CT molecular complexity index is 692. The number of carboxylic acids is 1. The van der Waals surface area contributed by atoms with Crippen LogP contribution in [0.2, 0.25) is 5.02 Å². The molecule has 2 fully saturated rings. The van der Waals surface area contributed by atoms with Gasteiger partial charge >= 0.3 is 5.97 Å². The van der Waals surface area contributed by atoms with Crippen LogP contribution in [0.4, 0.5) is 4.39 Å². The van der Waals surface area contributed by atoms with Gasteiger partial charge in [-0.25, -0.2) is 9.18 Å². The quantitative estimate of drug-likeness (QED) is 0.716. The molecule has 1 unspecified atom stereocenters. The number of hydrogen-bond acceptors (Lipinski definition) is 3. The van der Waals surface area contributed by atoms with Crippen molar-refractivity contribution in [1.29, 1.82) is 0 Å². The number of rotatable bonds is 3. The number of carbonyl (C=O) groups is 1. The minimum Gasteiger partial charge on any atom is -0.477 e. The monoisotopic (exact) mass is 396 g/mol. The number of ether oxygens (including phenoxy) is 2. The van der Waals surface area contributed by atoms with E-state index in [1.165, 1.54) is 18.9 Å². The summed E-state index contributed by atoms with van der Waals surface area (Å²) >= 11 is 6.22. The summed E-state index contributed by atoms with van der Waals surface area (Å²) in [5.41, 5.74) is -0.229. The Morgan fingerprint density at radius 2 is 1.59 bits per heavy atom. The molecule has 1 aromatic carbocycles. The van der Waals surface area contributed by atoms with Gasteiger partial charge in [-0.3, -0.25) is 0 Å². The molecule has 1 aliphatic heterocycles. The highest BCUT2D eigenvalue weighted by molar-refractivity contribution is 6.30. The van der Waals surface area contributed by atoms with Crippen LogP contribution in [0.15, 0.2) is 12.1 Å². The lowest BCUT2D eigenvalue weighted by Gasteiger charge is -2.52. The minimum atomic E-state index is -1.49. The number of hydrogen-bond donors (Lipinski definition) is 1. The smallest absolute Gasteiger partial charge is 0.373 e. The van der Waals surface area contributed by atoms with E-state index in [4.69, 9.17) is 21.1 Å². The fourth-order valence-corrected chi connectivity index (χ4v) is 5.68. The van der Waals surface area contributed by atoms with Gasteiger partial charge < -0.3 is 14.6 Å². The Morgan fingerprint density at radius 1 is 1.04 bits per heavy atom. The van der Waals surface area contributed by atoms with Gasteiger partial charge in [0.2, 0.25) is 0 Å². The molecule has 1 heterocycles. The van der Waals surface area contributed by atoms with Gasteiger partial charge in [0.1, 0.15) is 5.60 Å². The van der Waals surface area contributed by atoms with E-state index >= 15 is 0 Å². The van der Waals surface area contributed by atoms with Gasteiger partial charge in [0, 0.05) is 10.6 Å². The van der Waals surface area contributed by atoms with E-state index in [2.05, 4.69) is 0 Å². The lowest BCUT2D eigenvalue weighted by Crippen LogP contribution is -2.54. The fraction of sp³-hybridized carbons (Fsp3) is 0.667. The first-order chi connectivity index (χ1) is 13.0. The van der Waals surface area contributed by atoms with Crippen LogP contribution in [0.5, 0.6) is 5.75 Å². The van der Waals surface area contributed by atoms with Crippen molar-refractivity contribution in [3.63, 3.8) is 0 Å². The summed E-state index contributed by atoms with van der Waals surface area (Å²) in [5, 5.41) is 9.93. The zero-order chi connectivity index (χ0) is 19.0. The minimum absolute atomic E-state index is 0.00852. The second-order valence-electron chi connectivity index (χ2n) is 8.13. The first-order valence-electron chi connectivity index (χ1n) is 10.1. The number of halogens is 2. The molecule has 148 valence electrons. The van der Waals surface area contributed by atoms with E-state index < -0.39 is 23.7 Å². The molecule has 0 bridgehead atoms. The van der Waals surface area contributed by atoms with Crippen LogP contribution in [0, 0.1) is 17.7 Å². The Hall–Kier alpha value is -1.33. The van der Waals surface area contributed by atoms with E-state index in [1.807, 2.05) is 0 Å². The Morgan fingerprint density at radius 3 is 2.11 bits per heavy atom. The van der Waals surface area contributed by atoms with Crippen molar-refractivity contribution in [3.8, 4) is 5.75 Å². The molecule has 2 saturated carbocycles. The first kappa shape index (κ1) is 19.0. The molecule has 3 aliphatic rings. The summed E-state index contributed by atoms with van der Waals surface area (Å²) in [5.74, 6) is -1.52. The molecule has 6 heteroatoms. The molecule has 4 nitrogen and oxygen atoms in total. The molecule has 1 N–H and O–H groups in total. The Labute approximate surface area is 164 Å². The van der Waals surface area contributed by atoms with Crippen LogP contribution in [0.25, 0.3) is 0 Å². The number of carboxylic acid groups (broad SMARTS) is 1. The van der Waals surface area contributed by atoms with Crippen LogP contribution in [0.1, 0.15) is 69.8 Å².